The summed E-state index contributed by atoms with van der Waals surface area (Å²) < 4.78 is 41.5. The number of aryl methyl sites for hydroxylation is 1. The number of carbonyl (C=O) groups excluding carboxylic acids is 1. The molecule has 0 aliphatic heterocycles. The number of rotatable bonds is 7. The van der Waals surface area contributed by atoms with Gasteiger partial charge in [0.1, 0.15) is 5.75 Å². The second kappa shape index (κ2) is 9.06. The standard InChI is InChI=1S/C20H20N2O5S2/c1-3-26-19(23)14-27-18-7-5-4-6-17(18)22-12-13-28-20(22)21-29(24,25)16-10-8-15(2)9-11-16/h4-13H,3,14H2,1-2H3/b21-20+. The lowest BCUT2D eigenvalue weighted by atomic mass is 10.2. The van der Waals surface area contributed by atoms with Gasteiger partial charge < -0.3 is 9.47 Å². The van der Waals surface area contributed by atoms with Crippen molar-refractivity contribution in [3.8, 4) is 11.4 Å². The molecule has 0 atom stereocenters. The maximum atomic E-state index is 12.7. The molecular weight excluding hydrogens is 412 g/mol. The Morgan fingerprint density at radius 2 is 1.86 bits per heavy atom. The van der Waals surface area contributed by atoms with Gasteiger partial charge in [-0.15, -0.1) is 15.7 Å². The van der Waals surface area contributed by atoms with Crippen LogP contribution in [0.25, 0.3) is 5.69 Å². The highest BCUT2D eigenvalue weighted by Crippen LogP contribution is 2.22. The molecule has 0 spiro atoms. The van der Waals surface area contributed by atoms with Crippen molar-refractivity contribution in [3.05, 3.63) is 70.5 Å². The lowest BCUT2D eigenvalue weighted by Gasteiger charge is -2.11. The Balaban J connectivity index is 1.98. The van der Waals surface area contributed by atoms with E-state index < -0.39 is 16.0 Å². The summed E-state index contributed by atoms with van der Waals surface area (Å²) in [7, 11) is -3.88. The van der Waals surface area contributed by atoms with E-state index in [9.17, 15) is 13.2 Å². The normalized spacial score (nSPS) is 12.0. The topological polar surface area (TPSA) is 87.0 Å². The van der Waals surface area contributed by atoms with Crippen LogP contribution >= 0.6 is 11.3 Å². The van der Waals surface area contributed by atoms with Gasteiger partial charge in [0.15, 0.2) is 6.61 Å². The number of hydrogen-bond acceptors (Lipinski definition) is 6. The monoisotopic (exact) mass is 432 g/mol. The number of benzene rings is 2. The zero-order valence-corrected chi connectivity index (χ0v) is 17.6. The van der Waals surface area contributed by atoms with Crippen LogP contribution in [0, 0.1) is 6.92 Å². The summed E-state index contributed by atoms with van der Waals surface area (Å²) in [6.07, 6.45) is 1.70. The molecule has 0 aliphatic rings. The van der Waals surface area contributed by atoms with Gasteiger partial charge in [-0.1, -0.05) is 29.8 Å². The summed E-state index contributed by atoms with van der Waals surface area (Å²) in [5.74, 6) is -0.0716. The highest BCUT2D eigenvalue weighted by molar-refractivity contribution is 7.90. The predicted molar refractivity (Wildman–Crippen MR) is 110 cm³/mol. The first kappa shape index (κ1) is 20.8. The summed E-state index contributed by atoms with van der Waals surface area (Å²) in [5, 5.41) is 1.73. The molecule has 3 rings (SSSR count). The number of carbonyl (C=O) groups is 1. The Kier molecular flexibility index (Phi) is 6.50. The predicted octanol–water partition coefficient (Wildman–Crippen LogP) is 3.08. The van der Waals surface area contributed by atoms with Crippen molar-refractivity contribution in [2.45, 2.75) is 18.7 Å². The van der Waals surface area contributed by atoms with E-state index >= 15 is 0 Å². The molecule has 0 fully saturated rings. The molecule has 152 valence electrons. The zero-order chi connectivity index (χ0) is 20.9. The van der Waals surface area contributed by atoms with Crippen LogP contribution in [0.15, 0.2) is 69.4 Å². The highest BCUT2D eigenvalue weighted by Gasteiger charge is 2.15. The maximum Gasteiger partial charge on any atom is 0.344 e. The first-order valence-electron chi connectivity index (χ1n) is 8.82. The molecule has 1 aromatic heterocycles. The summed E-state index contributed by atoms with van der Waals surface area (Å²) >= 11 is 1.18. The van der Waals surface area contributed by atoms with E-state index in [4.69, 9.17) is 9.47 Å². The summed E-state index contributed by atoms with van der Waals surface area (Å²) in [5.41, 5.74) is 1.53. The summed E-state index contributed by atoms with van der Waals surface area (Å²) in [4.78, 5) is 12.0. The van der Waals surface area contributed by atoms with Gasteiger partial charge in [0.25, 0.3) is 10.0 Å². The number of sulfonamides is 1. The number of esters is 1. The number of para-hydroxylation sites is 2. The number of hydrogen-bond donors (Lipinski definition) is 0. The van der Waals surface area contributed by atoms with E-state index in [0.29, 0.717) is 11.4 Å². The van der Waals surface area contributed by atoms with E-state index in [1.165, 1.54) is 23.5 Å². The molecular formula is C20H20N2O5S2. The van der Waals surface area contributed by atoms with Crippen molar-refractivity contribution in [1.82, 2.24) is 4.57 Å². The quantitative estimate of drug-likeness (QED) is 0.536. The fraction of sp³-hybridized carbons (Fsp3) is 0.200. The largest absolute Gasteiger partial charge is 0.480 e. The van der Waals surface area contributed by atoms with E-state index in [2.05, 4.69) is 4.40 Å². The smallest absolute Gasteiger partial charge is 0.344 e. The molecule has 3 aromatic rings. The minimum Gasteiger partial charge on any atom is -0.480 e. The lowest BCUT2D eigenvalue weighted by Crippen LogP contribution is -2.18. The van der Waals surface area contributed by atoms with Crippen LogP contribution in [0.4, 0.5) is 0 Å². The van der Waals surface area contributed by atoms with E-state index in [0.717, 1.165) is 5.56 Å². The molecule has 1 heterocycles. The minimum atomic E-state index is -3.88. The van der Waals surface area contributed by atoms with Gasteiger partial charge in [0.05, 0.1) is 17.2 Å². The van der Waals surface area contributed by atoms with E-state index in [-0.39, 0.29) is 22.9 Å². The van der Waals surface area contributed by atoms with Gasteiger partial charge in [-0.2, -0.15) is 8.42 Å². The van der Waals surface area contributed by atoms with Crippen molar-refractivity contribution in [3.63, 3.8) is 0 Å². The molecule has 29 heavy (non-hydrogen) atoms. The Morgan fingerprint density at radius 3 is 2.59 bits per heavy atom. The third-order valence-electron chi connectivity index (χ3n) is 3.88. The van der Waals surface area contributed by atoms with E-state index in [1.54, 1.807) is 59.5 Å². The average Bonchev–Trinajstić information content (AvgIpc) is 3.14. The van der Waals surface area contributed by atoms with Crippen LogP contribution in [0.1, 0.15) is 12.5 Å². The van der Waals surface area contributed by atoms with Crippen LogP contribution in [-0.4, -0.2) is 32.2 Å². The number of thiazole rings is 1. The second-order valence-electron chi connectivity index (χ2n) is 6.00. The van der Waals surface area contributed by atoms with Crippen molar-refractivity contribution >= 4 is 27.3 Å². The van der Waals surface area contributed by atoms with Gasteiger partial charge in [0, 0.05) is 11.6 Å². The van der Waals surface area contributed by atoms with E-state index in [1.807, 2.05) is 6.92 Å². The molecule has 7 nitrogen and oxygen atoms in total. The van der Waals surface area contributed by atoms with Crippen LogP contribution < -0.4 is 9.54 Å². The average molecular weight is 433 g/mol. The summed E-state index contributed by atoms with van der Waals surface area (Å²) in [6.45, 7) is 3.62. The lowest BCUT2D eigenvalue weighted by molar-refractivity contribution is -0.145. The number of ether oxygens (including phenoxy) is 2. The van der Waals surface area contributed by atoms with Crippen LogP contribution in [0.5, 0.6) is 5.75 Å². The molecule has 0 aliphatic carbocycles. The Morgan fingerprint density at radius 1 is 1.14 bits per heavy atom. The van der Waals surface area contributed by atoms with Gasteiger partial charge >= 0.3 is 5.97 Å². The Hall–Kier alpha value is -2.91. The van der Waals surface area contributed by atoms with Crippen LogP contribution in [-0.2, 0) is 19.6 Å². The van der Waals surface area contributed by atoms with Gasteiger partial charge in [-0.25, -0.2) is 4.79 Å². The molecule has 0 radical (unpaired) electrons. The molecule has 2 aromatic carbocycles. The zero-order valence-electron chi connectivity index (χ0n) is 15.9. The Labute approximate surface area is 172 Å². The van der Waals surface area contributed by atoms with Gasteiger partial charge in [-0.3, -0.25) is 4.57 Å². The summed E-state index contributed by atoms with van der Waals surface area (Å²) in [6, 6.07) is 13.5. The SMILES string of the molecule is CCOC(=O)COc1ccccc1-n1ccs/c1=N/S(=O)(=O)c1ccc(C)cc1. The third-order valence-corrected chi connectivity index (χ3v) is 6.04. The number of nitrogens with zero attached hydrogens (tertiary/aromatic N) is 2. The fourth-order valence-electron chi connectivity index (χ4n) is 2.50. The van der Waals surface area contributed by atoms with Crippen LogP contribution in [0.3, 0.4) is 0 Å². The highest BCUT2D eigenvalue weighted by atomic mass is 32.2. The van der Waals surface area contributed by atoms with Crippen LogP contribution in [0.2, 0.25) is 0 Å². The first-order chi connectivity index (χ1) is 13.9. The molecule has 0 N–H and O–H groups in total. The molecule has 9 heteroatoms. The fourth-order valence-corrected chi connectivity index (χ4v) is 4.43. The van der Waals surface area contributed by atoms with Crippen molar-refractivity contribution in [2.24, 2.45) is 4.40 Å². The molecule has 0 saturated heterocycles. The molecule has 0 saturated carbocycles. The van der Waals surface area contributed by atoms with Crippen molar-refractivity contribution in [2.75, 3.05) is 13.2 Å². The molecule has 0 amide bonds. The van der Waals surface area contributed by atoms with Gasteiger partial charge in [-0.05, 0) is 38.1 Å². The minimum absolute atomic E-state index is 0.120. The second-order valence-corrected chi connectivity index (χ2v) is 8.47. The van der Waals surface area contributed by atoms with Gasteiger partial charge in [0.2, 0.25) is 4.80 Å². The van der Waals surface area contributed by atoms with Crippen molar-refractivity contribution < 1.29 is 22.7 Å². The molecule has 0 bridgehead atoms. The Bertz CT molecular complexity index is 1160. The number of aromatic nitrogens is 1. The van der Waals surface area contributed by atoms with Crippen molar-refractivity contribution in [1.29, 1.82) is 0 Å². The molecule has 0 unspecified atom stereocenters. The third kappa shape index (κ3) is 5.12. The first-order valence-corrected chi connectivity index (χ1v) is 11.1. The maximum absolute atomic E-state index is 12.7.